The molecule has 0 aromatic carbocycles. The highest BCUT2D eigenvalue weighted by Gasteiger charge is 2.34. The molecule has 0 radical (unpaired) electrons. The molecule has 1 saturated heterocycles. The Balaban J connectivity index is 2.44. The van der Waals surface area contributed by atoms with Crippen molar-refractivity contribution in [3.63, 3.8) is 0 Å². The largest absolute Gasteiger partial charge is 0.388 e. The van der Waals surface area contributed by atoms with E-state index in [1.54, 1.807) is 0 Å². The van der Waals surface area contributed by atoms with Crippen molar-refractivity contribution in [3.8, 4) is 0 Å². The maximum Gasteiger partial charge on any atom is 0.227 e. The quantitative estimate of drug-likeness (QED) is 0.609. The first-order valence-corrected chi connectivity index (χ1v) is 6.31. The van der Waals surface area contributed by atoms with E-state index in [0.29, 0.717) is 32.6 Å². The summed E-state index contributed by atoms with van der Waals surface area (Å²) in [5, 5.41) is 16.0. The second-order valence-corrected chi connectivity index (χ2v) is 4.69. The lowest BCUT2D eigenvalue weighted by atomic mass is 9.96. The van der Waals surface area contributed by atoms with E-state index < -0.39 is 5.60 Å². The number of aliphatic hydroxyl groups is 1. The zero-order valence-electron chi connectivity index (χ0n) is 11.0. The first-order valence-electron chi connectivity index (χ1n) is 6.31. The molecule has 1 aliphatic rings. The molecule has 100 valence electrons. The van der Waals surface area contributed by atoms with E-state index in [0.717, 1.165) is 0 Å². The van der Waals surface area contributed by atoms with E-state index >= 15 is 0 Å². The van der Waals surface area contributed by atoms with Crippen LogP contribution in [0.2, 0.25) is 0 Å². The molecule has 0 aliphatic carbocycles. The molecule has 1 heterocycles. The normalized spacial score (nSPS) is 24.9. The first kappa shape index (κ1) is 14.4. The highest BCUT2D eigenvalue weighted by Crippen LogP contribution is 2.16. The van der Waals surface area contributed by atoms with Gasteiger partial charge in [-0.25, -0.2) is 0 Å². The minimum atomic E-state index is -0.787. The van der Waals surface area contributed by atoms with Gasteiger partial charge < -0.3 is 20.5 Å². The van der Waals surface area contributed by atoms with Crippen LogP contribution in [0.5, 0.6) is 0 Å². The Morgan fingerprint density at radius 2 is 2.06 bits per heavy atom. The predicted octanol–water partition coefficient (Wildman–Crippen LogP) is -0.112. The second-order valence-electron chi connectivity index (χ2n) is 4.69. The average Bonchev–Trinajstić information content (AvgIpc) is 2.83. The Hall–Kier alpha value is -0.650. The van der Waals surface area contributed by atoms with Crippen molar-refractivity contribution in [3.05, 3.63) is 0 Å². The van der Waals surface area contributed by atoms with E-state index in [-0.39, 0.29) is 17.9 Å². The molecule has 0 saturated carbocycles. The molecule has 1 aliphatic heterocycles. The summed E-state index contributed by atoms with van der Waals surface area (Å²) < 4.78 is 5.28. The third kappa shape index (κ3) is 3.66. The van der Waals surface area contributed by atoms with Crippen molar-refractivity contribution in [1.29, 1.82) is 0 Å². The number of amides is 1. The van der Waals surface area contributed by atoms with Gasteiger partial charge in [-0.3, -0.25) is 4.79 Å². The number of carbonyl (C=O) groups is 1. The molecule has 2 atom stereocenters. The van der Waals surface area contributed by atoms with Gasteiger partial charge in [0.25, 0.3) is 0 Å². The number of hydrogen-bond donors (Lipinski definition) is 3. The van der Waals surface area contributed by atoms with Crippen LogP contribution >= 0.6 is 0 Å². The summed E-state index contributed by atoms with van der Waals surface area (Å²) in [4.78, 5) is 12.0. The monoisotopic (exact) mass is 244 g/mol. The fraction of sp³-hybridized carbons (Fsp3) is 0.917. The number of rotatable bonds is 6. The van der Waals surface area contributed by atoms with Gasteiger partial charge in [-0.15, -0.1) is 0 Å². The van der Waals surface area contributed by atoms with Gasteiger partial charge >= 0.3 is 0 Å². The fourth-order valence-corrected chi connectivity index (χ4v) is 1.98. The predicted molar refractivity (Wildman–Crippen MR) is 65.7 cm³/mol. The van der Waals surface area contributed by atoms with Gasteiger partial charge in [0.2, 0.25) is 5.91 Å². The maximum atomic E-state index is 12.0. The second kappa shape index (κ2) is 6.33. The zero-order chi connectivity index (χ0) is 12.9. The first-order chi connectivity index (χ1) is 8.06. The van der Waals surface area contributed by atoms with Gasteiger partial charge in [-0.1, -0.05) is 13.8 Å². The van der Waals surface area contributed by atoms with Crippen molar-refractivity contribution in [2.75, 3.05) is 26.8 Å². The van der Waals surface area contributed by atoms with Crippen LogP contribution in [0.3, 0.4) is 0 Å². The van der Waals surface area contributed by atoms with Crippen LogP contribution in [0.1, 0.15) is 26.7 Å². The van der Waals surface area contributed by atoms with Gasteiger partial charge in [-0.05, 0) is 19.9 Å². The van der Waals surface area contributed by atoms with Crippen LogP contribution in [-0.2, 0) is 9.53 Å². The van der Waals surface area contributed by atoms with Crippen molar-refractivity contribution in [2.24, 2.45) is 5.92 Å². The summed E-state index contributed by atoms with van der Waals surface area (Å²) >= 11 is 0. The van der Waals surface area contributed by atoms with Gasteiger partial charge in [0.05, 0.1) is 24.7 Å². The Morgan fingerprint density at radius 1 is 1.41 bits per heavy atom. The molecule has 0 aromatic heterocycles. The summed E-state index contributed by atoms with van der Waals surface area (Å²) in [6.07, 6.45) is 1.28. The highest BCUT2D eigenvalue weighted by atomic mass is 16.5. The molecule has 17 heavy (non-hydrogen) atoms. The van der Waals surface area contributed by atoms with E-state index in [1.165, 1.54) is 0 Å². The van der Waals surface area contributed by atoms with Crippen LogP contribution in [-0.4, -0.2) is 49.5 Å². The molecule has 5 nitrogen and oxygen atoms in total. The summed E-state index contributed by atoms with van der Waals surface area (Å²) in [6.45, 7) is 5.18. The molecule has 3 N–H and O–H groups in total. The van der Waals surface area contributed by atoms with Crippen molar-refractivity contribution < 1.29 is 14.6 Å². The molecular formula is C12H24N2O3. The lowest BCUT2D eigenvalue weighted by molar-refractivity contribution is -0.126. The summed E-state index contributed by atoms with van der Waals surface area (Å²) in [5.74, 6) is -0.194. The van der Waals surface area contributed by atoms with Crippen LogP contribution in [0.15, 0.2) is 0 Å². The average molecular weight is 244 g/mol. The number of nitrogens with one attached hydrogen (secondary N) is 2. The molecule has 1 fully saturated rings. The third-order valence-corrected chi connectivity index (χ3v) is 3.70. The lowest BCUT2D eigenvalue weighted by Gasteiger charge is -2.26. The number of hydrogen-bond acceptors (Lipinski definition) is 4. The SMILES string of the molecule is CCC(O)(CC)CNC(=O)C1COCC1NC. The van der Waals surface area contributed by atoms with E-state index in [4.69, 9.17) is 4.74 Å². The highest BCUT2D eigenvalue weighted by molar-refractivity contribution is 5.79. The molecule has 2 unspecified atom stereocenters. The Bertz CT molecular complexity index is 254. The Morgan fingerprint density at radius 3 is 2.59 bits per heavy atom. The molecule has 5 heteroatoms. The topological polar surface area (TPSA) is 70.6 Å². The molecule has 0 aromatic rings. The third-order valence-electron chi connectivity index (χ3n) is 3.70. The van der Waals surface area contributed by atoms with Gasteiger partial charge in [-0.2, -0.15) is 0 Å². The van der Waals surface area contributed by atoms with Crippen LogP contribution in [0.25, 0.3) is 0 Å². The van der Waals surface area contributed by atoms with Crippen LogP contribution in [0, 0.1) is 5.92 Å². The molecular weight excluding hydrogens is 220 g/mol. The van der Waals surface area contributed by atoms with Crippen molar-refractivity contribution >= 4 is 5.91 Å². The fourth-order valence-electron chi connectivity index (χ4n) is 1.98. The van der Waals surface area contributed by atoms with Crippen LogP contribution in [0.4, 0.5) is 0 Å². The molecule has 0 bridgehead atoms. The summed E-state index contributed by atoms with van der Waals surface area (Å²) in [5.41, 5.74) is -0.787. The summed E-state index contributed by atoms with van der Waals surface area (Å²) in [7, 11) is 1.83. The smallest absolute Gasteiger partial charge is 0.227 e. The van der Waals surface area contributed by atoms with Crippen molar-refractivity contribution in [1.82, 2.24) is 10.6 Å². The Kier molecular flexibility index (Phi) is 5.36. The molecule has 1 rings (SSSR count). The van der Waals surface area contributed by atoms with Gasteiger partial charge in [0, 0.05) is 12.6 Å². The van der Waals surface area contributed by atoms with Crippen molar-refractivity contribution in [2.45, 2.75) is 38.3 Å². The van der Waals surface area contributed by atoms with E-state index in [9.17, 15) is 9.90 Å². The standard InChI is InChI=1S/C12H24N2O3/c1-4-12(16,5-2)8-14-11(15)9-6-17-7-10(9)13-3/h9-10,13,16H,4-8H2,1-3H3,(H,14,15). The Labute approximate surface area is 103 Å². The van der Waals surface area contributed by atoms with Crippen LogP contribution < -0.4 is 10.6 Å². The molecule has 1 amide bonds. The minimum absolute atomic E-state index is 0.0397. The van der Waals surface area contributed by atoms with Gasteiger partial charge in [0.15, 0.2) is 0 Å². The maximum absolute atomic E-state index is 12.0. The lowest BCUT2D eigenvalue weighted by Crippen LogP contribution is -2.48. The van der Waals surface area contributed by atoms with E-state index in [2.05, 4.69) is 10.6 Å². The van der Waals surface area contributed by atoms with Gasteiger partial charge in [0.1, 0.15) is 0 Å². The number of carbonyl (C=O) groups excluding carboxylic acids is 1. The zero-order valence-corrected chi connectivity index (χ0v) is 11.0. The number of ether oxygens (including phenoxy) is 1. The van der Waals surface area contributed by atoms with E-state index in [1.807, 2.05) is 20.9 Å². The number of likely N-dealkylation sites (N-methyl/N-ethyl adjacent to an activating group) is 1. The molecule has 0 spiro atoms. The minimum Gasteiger partial charge on any atom is -0.388 e. The summed E-state index contributed by atoms with van der Waals surface area (Å²) in [6, 6.07) is 0.0753.